The van der Waals surface area contributed by atoms with E-state index in [9.17, 15) is 69.6 Å². The molecule has 29 rings (SSSR count). The number of esters is 1. The zero-order chi connectivity index (χ0) is 105. The van der Waals surface area contributed by atoms with Crippen LogP contribution in [0.1, 0.15) is 200 Å². The molecule has 11 aromatic carbocycles. The highest BCUT2D eigenvalue weighted by Crippen LogP contribution is 2.64. The van der Waals surface area contributed by atoms with Crippen LogP contribution in [0, 0.1) is 94.7 Å². The number of carbonyl (C=O) groups excluding carboxylic acids is 6. The Morgan fingerprint density at radius 2 is 0.447 bits per heavy atom. The lowest BCUT2D eigenvalue weighted by Gasteiger charge is -2.60. The fourth-order valence-electron chi connectivity index (χ4n) is 29.1. The second kappa shape index (κ2) is 52.2. The van der Waals surface area contributed by atoms with E-state index in [0.717, 1.165) is 144 Å². The topological polar surface area (TPSA) is 297 Å². The van der Waals surface area contributed by atoms with E-state index in [0.29, 0.717) is 46.5 Å². The van der Waals surface area contributed by atoms with Gasteiger partial charge in [-0.25, -0.2) is 0 Å². The van der Waals surface area contributed by atoms with E-state index in [-0.39, 0.29) is 106 Å². The molecule has 1 heterocycles. The first-order valence-corrected chi connectivity index (χ1v) is 61.5. The summed E-state index contributed by atoms with van der Waals surface area (Å²) in [6.07, 6.45) is 26.0. The third-order valence-corrected chi connectivity index (χ3v) is 46.8. The Morgan fingerprint density at radius 1 is 0.260 bits per heavy atom. The van der Waals surface area contributed by atoms with Gasteiger partial charge in [-0.3, -0.25) is 4.79 Å². The number of aliphatic hydroxyl groups is 3. The van der Waals surface area contributed by atoms with Gasteiger partial charge < -0.3 is 74.3 Å². The quantitative estimate of drug-likeness (QED) is 0.0396. The summed E-state index contributed by atoms with van der Waals surface area (Å²) in [6.45, 7) is 1.38. The lowest BCUT2D eigenvalue weighted by molar-refractivity contribution is -0.316. The number of ether oxygens (including phenoxy) is 2. The Bertz CT molecular complexity index is 5270. The normalized spacial score (nSPS) is 29.7. The van der Waals surface area contributed by atoms with E-state index in [1.165, 1.54) is 125 Å². The third kappa shape index (κ3) is 28.1. The lowest BCUT2D eigenvalue weighted by Crippen LogP contribution is -2.61. The lowest BCUT2D eigenvalue weighted by atomic mass is 9.49. The second-order valence-electron chi connectivity index (χ2n) is 44.6. The van der Waals surface area contributed by atoms with E-state index < -0.39 is 57.9 Å². The van der Waals surface area contributed by atoms with Crippen LogP contribution >= 0.6 is 0 Å². The summed E-state index contributed by atoms with van der Waals surface area (Å²) in [5, 5.41) is 84.4. The predicted molar refractivity (Wildman–Crippen MR) is 587 cm³/mol. The van der Waals surface area contributed by atoms with Crippen LogP contribution in [0.15, 0.2) is 388 Å². The van der Waals surface area contributed by atoms with Crippen LogP contribution in [0.5, 0.6) is 0 Å². The van der Waals surface area contributed by atoms with Crippen LogP contribution in [-0.4, -0.2) is 109 Å². The molecule has 18 aliphatic rings. The molecule has 790 valence electrons. The largest absolute Gasteiger partial charge is 0.550 e. The molecular formula is C129H148O16S5. The van der Waals surface area contributed by atoms with Gasteiger partial charge in [0.25, 0.3) is 0 Å². The van der Waals surface area contributed by atoms with Gasteiger partial charge in [0.1, 0.15) is 5.60 Å². The van der Waals surface area contributed by atoms with Crippen LogP contribution < -0.4 is 25.5 Å². The average Bonchev–Trinajstić information content (AvgIpc) is 0.712. The maximum atomic E-state index is 11.4. The Balaban J connectivity index is 0.000000115. The van der Waals surface area contributed by atoms with Crippen molar-refractivity contribution >= 4 is 90.3 Å². The summed E-state index contributed by atoms with van der Waals surface area (Å²) in [5.74, 6) is 8.24. The number of carboxylic acid groups (broad SMARTS) is 5. The summed E-state index contributed by atoms with van der Waals surface area (Å²) in [5.41, 5.74) is -4.00. The zero-order valence-electron chi connectivity index (χ0n) is 86.7. The minimum Gasteiger partial charge on any atom is -0.550 e. The second-order valence-corrected chi connectivity index (χ2v) is 55.2. The number of benzene rings is 11. The molecule has 18 fully saturated rings. The maximum absolute atomic E-state index is 11.4. The third-order valence-electron chi connectivity index (χ3n) is 34.9. The van der Waals surface area contributed by atoms with Gasteiger partial charge in [0.05, 0.1) is 55.1 Å². The molecule has 1 aliphatic heterocycles. The molecule has 16 bridgehead atoms. The van der Waals surface area contributed by atoms with Crippen molar-refractivity contribution in [3.63, 3.8) is 0 Å². The van der Waals surface area contributed by atoms with Crippen molar-refractivity contribution in [3.8, 4) is 0 Å². The fourth-order valence-corrected chi connectivity index (χ4v) is 41.1. The number of carboxylic acids is 5. The fraction of sp³-hybridized carbons (Fsp3) is 0.442. The standard InChI is InChI=1S/3C18H15S.C16H18S2.C14H20O4.C13H20O3.2C12H18O3.C8H14O3/c3*1-4-10-16(11-5-1)19(17-12-6-2-7-13-17)18-14-8-3-9-15-18;1-3-7-15(8-4-1)17-11-13-18(14-12-17)16-9-5-2-6-10-16;1-8(15)18-14(7-13(16)17)11-3-9-2-10(5-11)6-12(14)4-9;1-16-13(7-12(14)15)10-3-8-2-9(5-10)6-11(13)4-8;2*13-11(14)6-12(15)9-2-7-1-8(4-9)5-10(12)3-7;9-7(10)6-8(11)4-2-1-3-5-8/h3*1-15H;1-10H,11-14H2;9-12H,2-7H2,1H3,(H,16,17);8-11H,2-7H2,1H3,(H,14,15);2*7-10,15H,1-6H2,(H,13,14);11H,1-6H2,(H,9,10)/q3*+1;+2;;;;;/p-5. The van der Waals surface area contributed by atoms with Gasteiger partial charge in [-0.1, -0.05) is 219 Å². The van der Waals surface area contributed by atoms with Crippen molar-refractivity contribution in [3.05, 3.63) is 334 Å². The Labute approximate surface area is 902 Å². The molecule has 150 heavy (non-hydrogen) atoms. The van der Waals surface area contributed by atoms with Gasteiger partial charge in [-0.05, 0) is 369 Å². The van der Waals surface area contributed by atoms with Gasteiger partial charge in [0.2, 0.25) is 0 Å². The molecule has 17 aliphatic carbocycles. The predicted octanol–water partition coefficient (Wildman–Crippen LogP) is 20.0. The molecule has 1 saturated heterocycles. The summed E-state index contributed by atoms with van der Waals surface area (Å²) in [7, 11) is 2.65. The molecule has 0 spiro atoms. The van der Waals surface area contributed by atoms with Crippen molar-refractivity contribution in [1.82, 2.24) is 0 Å². The van der Waals surface area contributed by atoms with E-state index in [1.54, 1.807) is 16.9 Å². The molecule has 0 amide bonds. The molecule has 21 heteroatoms. The number of methoxy groups -OCH3 is 1. The molecule has 0 atom stereocenters. The van der Waals surface area contributed by atoms with Crippen LogP contribution in [0.3, 0.4) is 0 Å². The molecule has 0 unspecified atom stereocenters. The summed E-state index contributed by atoms with van der Waals surface area (Å²) in [6, 6.07) is 119. The molecule has 16 nitrogen and oxygen atoms in total. The van der Waals surface area contributed by atoms with Crippen LogP contribution in [-0.2, 0) is 92.7 Å². The molecule has 11 aromatic rings. The minimum atomic E-state index is -1.14. The van der Waals surface area contributed by atoms with Crippen molar-refractivity contribution in [2.45, 2.75) is 281 Å². The van der Waals surface area contributed by atoms with E-state index in [2.05, 4.69) is 334 Å². The molecular weight excluding hydrogens is 1970 g/mol. The number of hydrogen-bond donors (Lipinski definition) is 3. The van der Waals surface area contributed by atoms with Gasteiger partial charge in [0, 0.05) is 97.8 Å². The SMILES string of the molecule is CC(=O)OC1(CC(=O)[O-])C2CC3CC(C2)CC1C3.COC1(CC(=O)[O-])C2CC3CC(C2)CC1C3.O=C([O-])CC1(O)C2CC3CC(C2)CC1C3.O=C([O-])CC1(O)C2CC3CC(C2)CC1C3.O=C([O-])CC1(O)CCCCC1.c1ccc([S+](c2ccccc2)c2ccccc2)cc1.c1ccc([S+](c2ccccc2)c2ccccc2)cc1.c1ccc([S+](c2ccccc2)c2ccccc2)cc1.c1ccc([S+]2CC[S+](c3ccccc3)CC2)cc1. The highest BCUT2D eigenvalue weighted by atomic mass is 32.2. The van der Waals surface area contributed by atoms with Crippen LogP contribution in [0.4, 0.5) is 0 Å². The van der Waals surface area contributed by atoms with Crippen molar-refractivity contribution in [1.29, 1.82) is 0 Å². The Kier molecular flexibility index (Phi) is 38.6. The maximum Gasteiger partial charge on any atom is 0.303 e. The van der Waals surface area contributed by atoms with Gasteiger partial charge in [-0.15, -0.1) is 0 Å². The highest BCUT2D eigenvalue weighted by molar-refractivity contribution is 8.03. The molecule has 0 radical (unpaired) electrons. The Hall–Kier alpha value is -10.2. The first-order chi connectivity index (χ1) is 72.7. The molecule has 3 N–H and O–H groups in total. The van der Waals surface area contributed by atoms with Gasteiger partial charge in [0.15, 0.2) is 76.9 Å². The Morgan fingerprint density at radius 3 is 0.640 bits per heavy atom. The number of hydrogen-bond acceptors (Lipinski definition) is 16. The van der Waals surface area contributed by atoms with Gasteiger partial charge >= 0.3 is 5.97 Å². The van der Waals surface area contributed by atoms with E-state index in [1.807, 2.05) is 0 Å². The van der Waals surface area contributed by atoms with Crippen LogP contribution in [0.25, 0.3) is 0 Å². The smallest absolute Gasteiger partial charge is 0.303 e. The van der Waals surface area contributed by atoms with Gasteiger partial charge in [-0.2, -0.15) is 0 Å². The average molecular weight is 2110 g/mol. The first-order valence-electron chi connectivity index (χ1n) is 54.7. The summed E-state index contributed by atoms with van der Waals surface area (Å²) >= 11 is 0. The highest BCUT2D eigenvalue weighted by Gasteiger charge is 2.62. The van der Waals surface area contributed by atoms with Crippen molar-refractivity contribution in [2.75, 3.05) is 30.1 Å². The monoisotopic (exact) mass is 2110 g/mol. The summed E-state index contributed by atoms with van der Waals surface area (Å²) in [4.78, 5) is 80.5. The zero-order valence-corrected chi connectivity index (χ0v) is 90.8. The molecule has 0 aromatic heterocycles. The minimum absolute atomic E-state index is 0.0146. The van der Waals surface area contributed by atoms with Crippen molar-refractivity contribution in [2.24, 2.45) is 94.7 Å². The van der Waals surface area contributed by atoms with Crippen LogP contribution in [0.2, 0.25) is 0 Å². The number of aliphatic carboxylic acids is 5. The number of rotatable bonds is 23. The van der Waals surface area contributed by atoms with Crippen molar-refractivity contribution < 1.29 is 79.1 Å². The first kappa shape index (κ1) is 111. The summed E-state index contributed by atoms with van der Waals surface area (Å²) < 4.78 is 11.3. The van der Waals surface area contributed by atoms with E-state index in [4.69, 9.17) is 9.47 Å². The molecule has 17 saturated carbocycles. The van der Waals surface area contributed by atoms with E-state index >= 15 is 0 Å². The number of carbonyl (C=O) groups is 6.